The van der Waals surface area contributed by atoms with E-state index in [0.717, 1.165) is 41.4 Å². The van der Waals surface area contributed by atoms with E-state index in [-0.39, 0.29) is 0 Å². The van der Waals surface area contributed by atoms with Gasteiger partial charge in [-0.3, -0.25) is 0 Å². The number of hydrogen-bond donors (Lipinski definition) is 0. The predicted molar refractivity (Wildman–Crippen MR) is 99.3 cm³/mol. The summed E-state index contributed by atoms with van der Waals surface area (Å²) in [6.07, 6.45) is 18.4. The summed E-state index contributed by atoms with van der Waals surface area (Å²) >= 11 is 0. The molecular formula is C23H40. The molecule has 4 rings (SSSR count). The van der Waals surface area contributed by atoms with E-state index < -0.39 is 0 Å². The second-order valence-corrected chi connectivity index (χ2v) is 10.3. The molecule has 0 nitrogen and oxygen atoms in total. The summed E-state index contributed by atoms with van der Waals surface area (Å²) in [7, 11) is 0. The van der Waals surface area contributed by atoms with Gasteiger partial charge in [0.15, 0.2) is 0 Å². The van der Waals surface area contributed by atoms with E-state index in [9.17, 15) is 0 Å². The highest BCUT2D eigenvalue weighted by Crippen LogP contribution is 2.62. The van der Waals surface area contributed by atoms with Crippen LogP contribution in [0.2, 0.25) is 0 Å². The van der Waals surface area contributed by atoms with Crippen molar-refractivity contribution < 1.29 is 0 Å². The SMILES string of the molecule is CC1C2CCCCC2C2C1CCCC2C(C)C1(C)CCCCC1. The number of fused-ring (bicyclic) bond motifs is 3. The first-order valence-corrected chi connectivity index (χ1v) is 11.1. The van der Waals surface area contributed by atoms with Crippen molar-refractivity contribution in [3.8, 4) is 0 Å². The Labute approximate surface area is 145 Å². The molecule has 0 aromatic heterocycles. The van der Waals surface area contributed by atoms with E-state index in [1.807, 2.05) is 0 Å². The largest absolute Gasteiger partial charge is 0.0620 e. The number of rotatable bonds is 2. The van der Waals surface area contributed by atoms with Crippen LogP contribution in [0.15, 0.2) is 0 Å². The Hall–Kier alpha value is 0. The molecule has 7 atom stereocenters. The molecule has 0 N–H and O–H groups in total. The monoisotopic (exact) mass is 316 g/mol. The van der Waals surface area contributed by atoms with Gasteiger partial charge in [0.05, 0.1) is 0 Å². The van der Waals surface area contributed by atoms with E-state index in [0.29, 0.717) is 5.41 Å². The van der Waals surface area contributed by atoms with E-state index in [1.165, 1.54) is 51.4 Å². The van der Waals surface area contributed by atoms with Crippen LogP contribution in [0.4, 0.5) is 0 Å². The first kappa shape index (κ1) is 16.5. The summed E-state index contributed by atoms with van der Waals surface area (Å²) in [5.41, 5.74) is 0.667. The molecule has 0 heterocycles. The lowest BCUT2D eigenvalue weighted by Crippen LogP contribution is -2.41. The van der Waals surface area contributed by atoms with Gasteiger partial charge in [0.2, 0.25) is 0 Å². The normalized spacial score (nSPS) is 47.6. The topological polar surface area (TPSA) is 0 Å². The first-order valence-electron chi connectivity index (χ1n) is 11.1. The van der Waals surface area contributed by atoms with Gasteiger partial charge in [0.25, 0.3) is 0 Å². The van der Waals surface area contributed by atoms with Crippen molar-refractivity contribution in [1.29, 1.82) is 0 Å². The molecule has 0 spiro atoms. The highest BCUT2D eigenvalue weighted by Gasteiger charge is 2.54. The molecule has 132 valence electrons. The fourth-order valence-corrected chi connectivity index (χ4v) is 8.09. The van der Waals surface area contributed by atoms with Gasteiger partial charge in [-0.25, -0.2) is 0 Å². The smallest absolute Gasteiger partial charge is 0.0297 e. The first-order chi connectivity index (χ1) is 11.1. The summed E-state index contributed by atoms with van der Waals surface area (Å²) in [5.74, 6) is 7.50. The van der Waals surface area contributed by atoms with Gasteiger partial charge in [-0.1, -0.05) is 59.3 Å². The Balaban J connectivity index is 1.58. The maximum absolute atomic E-state index is 2.68. The van der Waals surface area contributed by atoms with E-state index in [1.54, 1.807) is 25.7 Å². The van der Waals surface area contributed by atoms with Gasteiger partial charge in [0, 0.05) is 0 Å². The Morgan fingerprint density at radius 3 is 2.13 bits per heavy atom. The lowest BCUT2D eigenvalue weighted by molar-refractivity contribution is 0.00169. The molecule has 0 radical (unpaired) electrons. The molecule has 0 aromatic carbocycles. The molecular weight excluding hydrogens is 276 g/mol. The average molecular weight is 317 g/mol. The summed E-state index contributed by atoms with van der Waals surface area (Å²) < 4.78 is 0. The molecule has 0 bridgehead atoms. The summed E-state index contributed by atoms with van der Waals surface area (Å²) in [4.78, 5) is 0. The van der Waals surface area contributed by atoms with E-state index >= 15 is 0 Å². The van der Waals surface area contributed by atoms with Crippen LogP contribution in [0.5, 0.6) is 0 Å². The fraction of sp³-hybridized carbons (Fsp3) is 1.00. The zero-order valence-electron chi connectivity index (χ0n) is 16.0. The average Bonchev–Trinajstić information content (AvgIpc) is 2.88. The minimum absolute atomic E-state index is 0.667. The fourth-order valence-electron chi connectivity index (χ4n) is 8.09. The molecule has 4 fully saturated rings. The zero-order chi connectivity index (χ0) is 16.0. The summed E-state index contributed by atoms with van der Waals surface area (Å²) in [5, 5.41) is 0. The molecule has 4 aliphatic carbocycles. The Kier molecular flexibility index (Phi) is 4.57. The zero-order valence-corrected chi connectivity index (χ0v) is 16.0. The van der Waals surface area contributed by atoms with Crippen LogP contribution in [-0.4, -0.2) is 0 Å². The van der Waals surface area contributed by atoms with Crippen LogP contribution < -0.4 is 0 Å². The summed E-state index contributed by atoms with van der Waals surface area (Å²) in [6.45, 7) is 7.99. The van der Waals surface area contributed by atoms with Gasteiger partial charge in [-0.15, -0.1) is 0 Å². The van der Waals surface area contributed by atoms with Crippen molar-refractivity contribution in [2.24, 2.45) is 46.8 Å². The van der Waals surface area contributed by atoms with Crippen LogP contribution in [0.1, 0.15) is 97.8 Å². The minimum atomic E-state index is 0.667. The van der Waals surface area contributed by atoms with E-state index in [4.69, 9.17) is 0 Å². The minimum Gasteiger partial charge on any atom is -0.0620 e. The Bertz CT molecular complexity index is 404. The second kappa shape index (κ2) is 6.38. The van der Waals surface area contributed by atoms with Crippen LogP contribution in [0, 0.1) is 46.8 Å². The third kappa shape index (κ3) is 2.71. The van der Waals surface area contributed by atoms with Gasteiger partial charge in [-0.2, -0.15) is 0 Å². The molecule has 0 amide bonds. The predicted octanol–water partition coefficient (Wildman–Crippen LogP) is 7.08. The van der Waals surface area contributed by atoms with Crippen LogP contribution in [0.25, 0.3) is 0 Å². The third-order valence-corrected chi connectivity index (χ3v) is 9.52. The van der Waals surface area contributed by atoms with Crippen molar-refractivity contribution in [2.75, 3.05) is 0 Å². The Morgan fingerprint density at radius 2 is 1.39 bits per heavy atom. The highest BCUT2D eigenvalue weighted by molar-refractivity contribution is 5.03. The van der Waals surface area contributed by atoms with Crippen LogP contribution >= 0.6 is 0 Å². The molecule has 4 aliphatic rings. The maximum Gasteiger partial charge on any atom is -0.0297 e. The Morgan fingerprint density at radius 1 is 0.739 bits per heavy atom. The van der Waals surface area contributed by atoms with Crippen molar-refractivity contribution in [1.82, 2.24) is 0 Å². The van der Waals surface area contributed by atoms with Gasteiger partial charge < -0.3 is 0 Å². The highest BCUT2D eigenvalue weighted by atomic mass is 14.6. The maximum atomic E-state index is 2.68. The second-order valence-electron chi connectivity index (χ2n) is 10.3. The summed E-state index contributed by atoms with van der Waals surface area (Å²) in [6, 6.07) is 0. The van der Waals surface area contributed by atoms with Crippen molar-refractivity contribution >= 4 is 0 Å². The molecule has 0 aliphatic heterocycles. The van der Waals surface area contributed by atoms with Gasteiger partial charge in [0.1, 0.15) is 0 Å². The van der Waals surface area contributed by atoms with Crippen molar-refractivity contribution in [2.45, 2.75) is 97.8 Å². The molecule has 7 unspecified atom stereocenters. The molecule has 0 saturated heterocycles. The molecule has 0 aromatic rings. The third-order valence-electron chi connectivity index (χ3n) is 9.52. The van der Waals surface area contributed by atoms with Gasteiger partial charge in [-0.05, 0) is 85.4 Å². The molecule has 4 saturated carbocycles. The van der Waals surface area contributed by atoms with Crippen LogP contribution in [0.3, 0.4) is 0 Å². The molecule has 0 heteroatoms. The standard InChI is InChI=1S/C23H40/c1-16-18-10-5-6-11-21(18)22-19(16)12-9-13-20(22)17(2)23(3)14-7-4-8-15-23/h16-22H,4-15H2,1-3H3. The van der Waals surface area contributed by atoms with Gasteiger partial charge >= 0.3 is 0 Å². The quantitative estimate of drug-likeness (QED) is 0.510. The number of hydrogen-bond acceptors (Lipinski definition) is 0. The van der Waals surface area contributed by atoms with Crippen LogP contribution in [-0.2, 0) is 0 Å². The lowest BCUT2D eigenvalue weighted by Gasteiger charge is -2.49. The van der Waals surface area contributed by atoms with Crippen molar-refractivity contribution in [3.63, 3.8) is 0 Å². The lowest BCUT2D eigenvalue weighted by atomic mass is 9.56. The van der Waals surface area contributed by atoms with Crippen molar-refractivity contribution in [3.05, 3.63) is 0 Å². The van der Waals surface area contributed by atoms with E-state index in [2.05, 4.69) is 20.8 Å². The molecule has 23 heavy (non-hydrogen) atoms.